The molecular weight excluding hydrogens is 221 g/mol. The summed E-state index contributed by atoms with van der Waals surface area (Å²) in [6.45, 7) is 1.66. The van der Waals surface area contributed by atoms with Crippen molar-refractivity contribution in [2.75, 3.05) is 19.0 Å². The van der Waals surface area contributed by atoms with Gasteiger partial charge in [-0.05, 0) is 30.5 Å². The Balaban J connectivity index is 2.68. The van der Waals surface area contributed by atoms with Gasteiger partial charge in [-0.2, -0.15) is 0 Å². The molecule has 1 rings (SSSR count). The molecule has 4 heteroatoms. The molecule has 0 spiro atoms. The Labute approximate surface area is 101 Å². The Morgan fingerprint density at radius 3 is 2.59 bits per heavy atom. The van der Waals surface area contributed by atoms with Crippen molar-refractivity contribution < 1.29 is 14.3 Å². The molecular formula is C13H18FNO2. The van der Waals surface area contributed by atoms with Crippen LogP contribution in [-0.2, 0) is 11.2 Å². The van der Waals surface area contributed by atoms with Crippen molar-refractivity contribution in [2.24, 2.45) is 5.92 Å². The van der Waals surface area contributed by atoms with Crippen LogP contribution in [0.3, 0.4) is 0 Å². The molecule has 0 amide bonds. The molecule has 1 unspecified atom stereocenters. The molecule has 0 heterocycles. The minimum atomic E-state index is -0.810. The monoisotopic (exact) mass is 239 g/mol. The van der Waals surface area contributed by atoms with Crippen LogP contribution in [-0.4, -0.2) is 25.2 Å². The smallest absolute Gasteiger partial charge is 0.306 e. The number of carboxylic acid groups (broad SMARTS) is 1. The summed E-state index contributed by atoms with van der Waals surface area (Å²) in [5.41, 5.74) is 1.38. The van der Waals surface area contributed by atoms with Crippen LogP contribution in [0.15, 0.2) is 18.2 Å². The van der Waals surface area contributed by atoms with Gasteiger partial charge in [0.05, 0.1) is 11.6 Å². The highest BCUT2D eigenvalue weighted by Crippen LogP contribution is 2.20. The summed E-state index contributed by atoms with van der Waals surface area (Å²) in [6, 6.07) is 5.03. The quantitative estimate of drug-likeness (QED) is 0.858. The minimum Gasteiger partial charge on any atom is -0.481 e. The Bertz CT molecular complexity index is 404. The molecule has 0 radical (unpaired) electrons. The summed E-state index contributed by atoms with van der Waals surface area (Å²) >= 11 is 0. The van der Waals surface area contributed by atoms with E-state index in [0.29, 0.717) is 18.5 Å². The van der Waals surface area contributed by atoms with Crippen LogP contribution in [0.2, 0.25) is 0 Å². The van der Waals surface area contributed by atoms with E-state index >= 15 is 0 Å². The van der Waals surface area contributed by atoms with Gasteiger partial charge in [-0.15, -0.1) is 0 Å². The van der Waals surface area contributed by atoms with Gasteiger partial charge in [0.1, 0.15) is 5.82 Å². The van der Waals surface area contributed by atoms with Crippen LogP contribution in [0.1, 0.15) is 18.9 Å². The summed E-state index contributed by atoms with van der Waals surface area (Å²) in [6.07, 6.45) is 1.11. The standard InChI is InChI=1S/C13H18FNO2/c1-9(13(16)17)4-5-10-6-7-12(15(2)3)11(14)8-10/h6-9H,4-5H2,1-3H3,(H,16,17). The van der Waals surface area contributed by atoms with Crippen LogP contribution in [0.4, 0.5) is 10.1 Å². The highest BCUT2D eigenvalue weighted by molar-refractivity contribution is 5.69. The summed E-state index contributed by atoms with van der Waals surface area (Å²) in [7, 11) is 3.56. The molecule has 0 saturated carbocycles. The van der Waals surface area contributed by atoms with Gasteiger partial charge in [0.25, 0.3) is 0 Å². The maximum atomic E-state index is 13.6. The van der Waals surface area contributed by atoms with Crippen molar-refractivity contribution in [3.63, 3.8) is 0 Å². The Morgan fingerprint density at radius 1 is 1.47 bits per heavy atom. The van der Waals surface area contributed by atoms with Gasteiger partial charge < -0.3 is 10.0 Å². The zero-order valence-corrected chi connectivity index (χ0v) is 10.4. The molecule has 0 aliphatic rings. The fourth-order valence-electron chi connectivity index (χ4n) is 1.58. The highest BCUT2D eigenvalue weighted by Gasteiger charge is 2.11. The lowest BCUT2D eigenvalue weighted by Crippen LogP contribution is -2.12. The van der Waals surface area contributed by atoms with Gasteiger partial charge in [0.2, 0.25) is 0 Å². The first kappa shape index (κ1) is 13.5. The van der Waals surface area contributed by atoms with E-state index in [1.54, 1.807) is 32.0 Å². The number of aliphatic carboxylic acids is 1. The molecule has 1 aromatic rings. The van der Waals surface area contributed by atoms with Crippen molar-refractivity contribution in [2.45, 2.75) is 19.8 Å². The third kappa shape index (κ3) is 3.73. The Hall–Kier alpha value is -1.58. The normalized spacial score (nSPS) is 12.2. The van der Waals surface area contributed by atoms with E-state index in [4.69, 9.17) is 5.11 Å². The molecule has 0 aromatic heterocycles. The van der Waals surface area contributed by atoms with Crippen molar-refractivity contribution in [3.8, 4) is 0 Å². The van der Waals surface area contributed by atoms with Crippen LogP contribution >= 0.6 is 0 Å². The first-order chi connectivity index (χ1) is 7.91. The number of carbonyl (C=O) groups is 1. The zero-order valence-electron chi connectivity index (χ0n) is 10.4. The zero-order chi connectivity index (χ0) is 13.0. The molecule has 0 saturated heterocycles. The molecule has 0 aliphatic heterocycles. The van der Waals surface area contributed by atoms with Crippen LogP contribution < -0.4 is 4.90 Å². The molecule has 3 nitrogen and oxygen atoms in total. The molecule has 0 bridgehead atoms. The Morgan fingerprint density at radius 2 is 2.12 bits per heavy atom. The second-order valence-corrected chi connectivity index (χ2v) is 4.46. The first-order valence-electron chi connectivity index (χ1n) is 5.60. The average molecular weight is 239 g/mol. The predicted molar refractivity (Wildman–Crippen MR) is 65.8 cm³/mol. The number of benzene rings is 1. The van der Waals surface area contributed by atoms with E-state index in [0.717, 1.165) is 5.56 Å². The van der Waals surface area contributed by atoms with Crippen LogP contribution in [0.25, 0.3) is 0 Å². The van der Waals surface area contributed by atoms with Gasteiger partial charge >= 0.3 is 5.97 Å². The summed E-state index contributed by atoms with van der Waals surface area (Å²) in [5.74, 6) is -1.47. The lowest BCUT2D eigenvalue weighted by Gasteiger charge is -2.14. The van der Waals surface area contributed by atoms with E-state index in [-0.39, 0.29) is 5.82 Å². The third-order valence-corrected chi connectivity index (χ3v) is 2.78. The number of carboxylic acids is 1. The van der Waals surface area contributed by atoms with Crippen LogP contribution in [0.5, 0.6) is 0 Å². The van der Waals surface area contributed by atoms with E-state index in [9.17, 15) is 9.18 Å². The summed E-state index contributed by atoms with van der Waals surface area (Å²) in [5, 5.41) is 8.75. The summed E-state index contributed by atoms with van der Waals surface area (Å²) in [4.78, 5) is 12.4. The number of hydrogen-bond donors (Lipinski definition) is 1. The molecule has 1 aromatic carbocycles. The van der Waals surface area contributed by atoms with Crippen molar-refractivity contribution in [3.05, 3.63) is 29.6 Å². The van der Waals surface area contributed by atoms with Crippen molar-refractivity contribution in [1.29, 1.82) is 0 Å². The lowest BCUT2D eigenvalue weighted by atomic mass is 10.0. The molecule has 0 aliphatic carbocycles. The van der Waals surface area contributed by atoms with E-state index < -0.39 is 11.9 Å². The molecule has 0 fully saturated rings. The maximum Gasteiger partial charge on any atom is 0.306 e. The largest absolute Gasteiger partial charge is 0.481 e. The van der Waals surface area contributed by atoms with E-state index in [1.165, 1.54) is 6.07 Å². The summed E-state index contributed by atoms with van der Waals surface area (Å²) < 4.78 is 13.6. The number of nitrogens with zero attached hydrogens (tertiary/aromatic N) is 1. The number of anilines is 1. The number of hydrogen-bond acceptors (Lipinski definition) is 2. The predicted octanol–water partition coefficient (Wildman–Crippen LogP) is 2.55. The third-order valence-electron chi connectivity index (χ3n) is 2.78. The van der Waals surface area contributed by atoms with Gasteiger partial charge in [-0.3, -0.25) is 4.79 Å². The molecule has 94 valence electrons. The van der Waals surface area contributed by atoms with E-state index in [2.05, 4.69) is 0 Å². The topological polar surface area (TPSA) is 40.5 Å². The molecule has 1 atom stereocenters. The number of halogens is 1. The van der Waals surface area contributed by atoms with Crippen molar-refractivity contribution in [1.82, 2.24) is 0 Å². The van der Waals surface area contributed by atoms with Gasteiger partial charge in [-0.25, -0.2) is 4.39 Å². The SMILES string of the molecule is CC(CCc1ccc(N(C)C)c(F)c1)C(=O)O. The van der Waals surface area contributed by atoms with Gasteiger partial charge in [0.15, 0.2) is 0 Å². The molecule has 1 N–H and O–H groups in total. The average Bonchev–Trinajstić information content (AvgIpc) is 2.25. The number of aryl methyl sites for hydroxylation is 1. The van der Waals surface area contributed by atoms with Crippen LogP contribution in [0, 0.1) is 11.7 Å². The van der Waals surface area contributed by atoms with Gasteiger partial charge in [-0.1, -0.05) is 13.0 Å². The number of rotatable bonds is 5. The maximum absolute atomic E-state index is 13.6. The lowest BCUT2D eigenvalue weighted by molar-refractivity contribution is -0.141. The molecule has 17 heavy (non-hydrogen) atoms. The minimum absolute atomic E-state index is 0.268. The fraction of sp³-hybridized carbons (Fsp3) is 0.462. The second kappa shape index (κ2) is 5.66. The Kier molecular flexibility index (Phi) is 4.49. The first-order valence-corrected chi connectivity index (χ1v) is 5.60. The van der Waals surface area contributed by atoms with E-state index in [1.807, 2.05) is 6.07 Å². The fourth-order valence-corrected chi connectivity index (χ4v) is 1.58. The highest BCUT2D eigenvalue weighted by atomic mass is 19.1. The van der Waals surface area contributed by atoms with Gasteiger partial charge in [0, 0.05) is 14.1 Å². The van der Waals surface area contributed by atoms with Crippen molar-refractivity contribution >= 4 is 11.7 Å². The second-order valence-electron chi connectivity index (χ2n) is 4.46.